The average molecular weight is 332 g/mol. The van der Waals surface area contributed by atoms with Crippen LogP contribution < -0.4 is 24.8 Å². The number of nitrogens with one attached hydrogen (secondary N) is 2. The van der Waals surface area contributed by atoms with Gasteiger partial charge < -0.3 is 24.8 Å². The van der Waals surface area contributed by atoms with Crippen LogP contribution in [0.3, 0.4) is 0 Å². The SMILES string of the molecule is COc1cc(CNC(=S)Nc2ccccc2OC)cc(OC)c1. The van der Waals surface area contributed by atoms with Crippen molar-refractivity contribution in [1.82, 2.24) is 5.32 Å². The van der Waals surface area contributed by atoms with Gasteiger partial charge in [-0.1, -0.05) is 12.1 Å². The largest absolute Gasteiger partial charge is 0.497 e. The molecule has 0 heterocycles. The molecule has 0 aromatic heterocycles. The van der Waals surface area contributed by atoms with E-state index in [9.17, 15) is 0 Å². The minimum absolute atomic E-state index is 0.510. The first-order valence-electron chi connectivity index (χ1n) is 7.06. The van der Waals surface area contributed by atoms with Crippen molar-refractivity contribution in [2.45, 2.75) is 6.54 Å². The number of anilines is 1. The second-order valence-corrected chi connectivity index (χ2v) is 5.14. The molecule has 0 fully saturated rings. The highest BCUT2D eigenvalue weighted by Gasteiger charge is 2.05. The molecule has 2 rings (SSSR count). The predicted molar refractivity (Wildman–Crippen MR) is 95.6 cm³/mol. The van der Waals surface area contributed by atoms with E-state index < -0.39 is 0 Å². The second-order valence-electron chi connectivity index (χ2n) is 4.73. The molecule has 0 aliphatic heterocycles. The van der Waals surface area contributed by atoms with Gasteiger partial charge in [0.1, 0.15) is 17.2 Å². The lowest BCUT2D eigenvalue weighted by Crippen LogP contribution is -2.28. The van der Waals surface area contributed by atoms with Gasteiger partial charge in [0.2, 0.25) is 0 Å². The van der Waals surface area contributed by atoms with Crippen LogP contribution in [0.4, 0.5) is 5.69 Å². The van der Waals surface area contributed by atoms with Crippen molar-refractivity contribution < 1.29 is 14.2 Å². The molecular weight excluding hydrogens is 312 g/mol. The Morgan fingerprint density at radius 3 is 2.22 bits per heavy atom. The van der Waals surface area contributed by atoms with Crippen LogP contribution in [0.1, 0.15) is 5.56 Å². The van der Waals surface area contributed by atoms with Crippen molar-refractivity contribution in [1.29, 1.82) is 0 Å². The Labute approximate surface area is 141 Å². The summed E-state index contributed by atoms with van der Waals surface area (Å²) in [7, 11) is 4.87. The lowest BCUT2D eigenvalue weighted by Gasteiger charge is -2.14. The summed E-state index contributed by atoms with van der Waals surface area (Å²) in [5, 5.41) is 6.79. The Hall–Kier alpha value is -2.47. The topological polar surface area (TPSA) is 51.8 Å². The minimum atomic E-state index is 0.510. The lowest BCUT2D eigenvalue weighted by molar-refractivity contribution is 0.393. The number of thiocarbonyl (C=S) groups is 1. The molecule has 5 nitrogen and oxygen atoms in total. The fraction of sp³-hybridized carbons (Fsp3) is 0.235. The van der Waals surface area contributed by atoms with Crippen molar-refractivity contribution in [3.05, 3.63) is 48.0 Å². The van der Waals surface area contributed by atoms with E-state index in [4.69, 9.17) is 26.4 Å². The van der Waals surface area contributed by atoms with Gasteiger partial charge in [-0.05, 0) is 42.0 Å². The summed E-state index contributed by atoms with van der Waals surface area (Å²) < 4.78 is 15.8. The third-order valence-corrected chi connectivity index (χ3v) is 3.47. The van der Waals surface area contributed by atoms with E-state index >= 15 is 0 Å². The molecule has 0 bridgehead atoms. The molecule has 2 N–H and O–H groups in total. The van der Waals surface area contributed by atoms with Gasteiger partial charge >= 0.3 is 0 Å². The molecular formula is C17H20N2O3S. The fourth-order valence-electron chi connectivity index (χ4n) is 2.07. The molecule has 0 aliphatic carbocycles. The molecule has 23 heavy (non-hydrogen) atoms. The summed E-state index contributed by atoms with van der Waals surface area (Å²) in [4.78, 5) is 0. The zero-order chi connectivity index (χ0) is 16.7. The summed E-state index contributed by atoms with van der Waals surface area (Å²) in [6.07, 6.45) is 0. The quantitative estimate of drug-likeness (QED) is 0.792. The molecule has 6 heteroatoms. The van der Waals surface area contributed by atoms with E-state index in [0.29, 0.717) is 11.7 Å². The maximum absolute atomic E-state index is 5.32. The molecule has 0 aliphatic rings. The van der Waals surface area contributed by atoms with Crippen LogP contribution >= 0.6 is 12.2 Å². The van der Waals surface area contributed by atoms with Crippen LogP contribution in [0, 0.1) is 0 Å². The van der Waals surface area contributed by atoms with Crippen molar-refractivity contribution in [2.24, 2.45) is 0 Å². The third-order valence-electron chi connectivity index (χ3n) is 3.22. The van der Waals surface area contributed by atoms with Crippen LogP contribution in [0.5, 0.6) is 17.2 Å². The third kappa shape index (κ3) is 4.75. The van der Waals surface area contributed by atoms with Crippen molar-refractivity contribution in [3.8, 4) is 17.2 Å². The smallest absolute Gasteiger partial charge is 0.171 e. The van der Waals surface area contributed by atoms with E-state index in [2.05, 4.69) is 10.6 Å². The Balaban J connectivity index is 1.99. The molecule has 0 spiro atoms. The van der Waals surface area contributed by atoms with Crippen molar-refractivity contribution >= 4 is 23.0 Å². The molecule has 122 valence electrons. The van der Waals surface area contributed by atoms with Gasteiger partial charge in [-0.3, -0.25) is 0 Å². The van der Waals surface area contributed by atoms with E-state index in [0.717, 1.165) is 28.5 Å². The molecule has 0 amide bonds. The van der Waals surface area contributed by atoms with Gasteiger partial charge in [0.25, 0.3) is 0 Å². The minimum Gasteiger partial charge on any atom is -0.497 e. The monoisotopic (exact) mass is 332 g/mol. The normalized spacial score (nSPS) is 9.87. The number of hydrogen-bond donors (Lipinski definition) is 2. The van der Waals surface area contributed by atoms with E-state index in [1.807, 2.05) is 42.5 Å². The first-order chi connectivity index (χ1) is 11.2. The Kier molecular flexibility index (Phi) is 6.05. The molecule has 0 saturated heterocycles. The highest BCUT2D eigenvalue weighted by atomic mass is 32.1. The van der Waals surface area contributed by atoms with Crippen molar-refractivity contribution in [3.63, 3.8) is 0 Å². The first kappa shape index (κ1) is 16.9. The fourth-order valence-corrected chi connectivity index (χ4v) is 2.25. The number of rotatable bonds is 6. The summed E-state index contributed by atoms with van der Waals surface area (Å²) in [6, 6.07) is 13.3. The van der Waals surface area contributed by atoms with Crippen LogP contribution in [0.15, 0.2) is 42.5 Å². The Morgan fingerprint density at radius 2 is 1.61 bits per heavy atom. The molecule has 0 saturated carbocycles. The number of benzene rings is 2. The van der Waals surface area contributed by atoms with Gasteiger partial charge in [-0.2, -0.15) is 0 Å². The summed E-state index contributed by atoms with van der Waals surface area (Å²) in [5.74, 6) is 2.22. The maximum atomic E-state index is 5.32. The molecule has 0 unspecified atom stereocenters. The van der Waals surface area contributed by atoms with Gasteiger partial charge in [-0.25, -0.2) is 0 Å². The first-order valence-corrected chi connectivity index (χ1v) is 7.47. The Bertz CT molecular complexity index is 654. The average Bonchev–Trinajstić information content (AvgIpc) is 2.60. The molecule has 0 radical (unpaired) electrons. The predicted octanol–water partition coefficient (Wildman–Crippen LogP) is 3.20. The lowest BCUT2D eigenvalue weighted by atomic mass is 10.2. The summed E-state index contributed by atoms with van der Waals surface area (Å²) in [6.45, 7) is 0.550. The maximum Gasteiger partial charge on any atom is 0.171 e. The Morgan fingerprint density at radius 1 is 0.957 bits per heavy atom. The zero-order valence-electron chi connectivity index (χ0n) is 13.4. The molecule has 2 aromatic carbocycles. The van der Waals surface area contributed by atoms with Crippen molar-refractivity contribution in [2.75, 3.05) is 26.6 Å². The highest BCUT2D eigenvalue weighted by Crippen LogP contribution is 2.24. The summed E-state index contributed by atoms with van der Waals surface area (Å²) >= 11 is 5.32. The zero-order valence-corrected chi connectivity index (χ0v) is 14.2. The number of methoxy groups -OCH3 is 3. The standard InChI is InChI=1S/C17H20N2O3S/c1-20-13-8-12(9-14(10-13)21-2)11-18-17(23)19-15-6-4-5-7-16(15)22-3/h4-10H,11H2,1-3H3,(H2,18,19,23). The number of ether oxygens (including phenoxy) is 3. The van der Waals surface area contributed by atoms with E-state index in [1.54, 1.807) is 21.3 Å². The number of para-hydroxylation sites is 2. The van der Waals surface area contributed by atoms with Crippen LogP contribution in [-0.2, 0) is 6.54 Å². The van der Waals surface area contributed by atoms with Crippen LogP contribution in [0.2, 0.25) is 0 Å². The van der Waals surface area contributed by atoms with Gasteiger partial charge in [0.05, 0.1) is 27.0 Å². The second kappa shape index (κ2) is 8.24. The van der Waals surface area contributed by atoms with E-state index in [-0.39, 0.29) is 0 Å². The summed E-state index contributed by atoms with van der Waals surface area (Å²) in [5.41, 5.74) is 1.82. The number of hydrogen-bond acceptors (Lipinski definition) is 4. The van der Waals surface area contributed by atoms with E-state index in [1.165, 1.54) is 0 Å². The molecule has 2 aromatic rings. The van der Waals surface area contributed by atoms with Crippen LogP contribution in [0.25, 0.3) is 0 Å². The van der Waals surface area contributed by atoms with Crippen LogP contribution in [-0.4, -0.2) is 26.4 Å². The van der Waals surface area contributed by atoms with Gasteiger partial charge in [0, 0.05) is 12.6 Å². The van der Waals surface area contributed by atoms with Gasteiger partial charge in [0.15, 0.2) is 5.11 Å². The highest BCUT2D eigenvalue weighted by molar-refractivity contribution is 7.80. The van der Waals surface area contributed by atoms with Gasteiger partial charge in [-0.15, -0.1) is 0 Å². The molecule has 0 atom stereocenters.